The maximum absolute atomic E-state index is 12.4. The van der Waals surface area contributed by atoms with E-state index in [1.54, 1.807) is 13.8 Å². The van der Waals surface area contributed by atoms with E-state index in [0.717, 1.165) is 4.90 Å². The van der Waals surface area contributed by atoms with Gasteiger partial charge in [0.05, 0.1) is 5.69 Å². The average molecular weight is 288 g/mol. The minimum Gasteiger partial charge on any atom is -0.357 e. The molecule has 0 aliphatic rings. The van der Waals surface area contributed by atoms with Crippen LogP contribution in [-0.4, -0.2) is 29.0 Å². The van der Waals surface area contributed by atoms with E-state index in [1.807, 2.05) is 0 Å². The van der Waals surface area contributed by atoms with Crippen LogP contribution in [0.1, 0.15) is 13.8 Å². The molecule has 0 unspecified atom stereocenters. The van der Waals surface area contributed by atoms with E-state index in [1.165, 1.54) is 6.07 Å². The molecular formula is C9H10Cl2F3N3. The molecular weight excluding hydrogens is 278 g/mol. The highest BCUT2D eigenvalue weighted by Crippen LogP contribution is 2.30. The van der Waals surface area contributed by atoms with Gasteiger partial charge in [0.2, 0.25) is 0 Å². The van der Waals surface area contributed by atoms with Gasteiger partial charge in [-0.2, -0.15) is 13.2 Å². The Morgan fingerprint density at radius 1 is 1.29 bits per heavy atom. The van der Waals surface area contributed by atoms with Gasteiger partial charge in [-0.15, -0.1) is 10.2 Å². The van der Waals surface area contributed by atoms with Crippen LogP contribution in [0.25, 0.3) is 0 Å². The van der Waals surface area contributed by atoms with Crippen molar-refractivity contribution in [1.29, 1.82) is 0 Å². The van der Waals surface area contributed by atoms with Crippen molar-refractivity contribution < 1.29 is 13.2 Å². The summed E-state index contributed by atoms with van der Waals surface area (Å²) < 4.78 is 37.3. The third kappa shape index (κ3) is 4.20. The zero-order valence-electron chi connectivity index (χ0n) is 9.09. The minimum atomic E-state index is -4.33. The Bertz CT molecular complexity index is 396. The number of anilines is 1. The molecule has 0 saturated heterocycles. The third-order valence-electron chi connectivity index (χ3n) is 1.98. The van der Waals surface area contributed by atoms with Crippen LogP contribution in [0.3, 0.4) is 0 Å². The topological polar surface area (TPSA) is 29.0 Å². The van der Waals surface area contributed by atoms with Crippen LogP contribution in [0.2, 0.25) is 10.3 Å². The Labute approximate surface area is 107 Å². The van der Waals surface area contributed by atoms with E-state index in [4.69, 9.17) is 23.2 Å². The molecule has 1 rings (SSSR count). The predicted molar refractivity (Wildman–Crippen MR) is 60.6 cm³/mol. The Morgan fingerprint density at radius 2 is 1.88 bits per heavy atom. The van der Waals surface area contributed by atoms with Gasteiger partial charge in [-0.1, -0.05) is 23.2 Å². The summed E-state index contributed by atoms with van der Waals surface area (Å²) in [4.78, 5) is 1.07. The molecule has 0 amide bonds. The molecule has 0 radical (unpaired) electrons. The van der Waals surface area contributed by atoms with Crippen molar-refractivity contribution in [2.24, 2.45) is 0 Å². The fourth-order valence-corrected chi connectivity index (χ4v) is 1.63. The number of hydrogen-bond acceptors (Lipinski definition) is 3. The van der Waals surface area contributed by atoms with Crippen LogP contribution in [0, 0.1) is 0 Å². The van der Waals surface area contributed by atoms with Gasteiger partial charge in [0.25, 0.3) is 0 Å². The van der Waals surface area contributed by atoms with Crippen molar-refractivity contribution in [3.05, 3.63) is 16.4 Å². The third-order valence-corrected chi connectivity index (χ3v) is 2.44. The van der Waals surface area contributed by atoms with Crippen molar-refractivity contribution in [2.45, 2.75) is 26.1 Å². The summed E-state index contributed by atoms with van der Waals surface area (Å²) in [6.07, 6.45) is -4.33. The summed E-state index contributed by atoms with van der Waals surface area (Å²) in [7, 11) is 0. The average Bonchev–Trinajstić information content (AvgIpc) is 2.17. The van der Waals surface area contributed by atoms with Gasteiger partial charge >= 0.3 is 6.18 Å². The quantitative estimate of drug-likeness (QED) is 0.851. The molecule has 96 valence electrons. The lowest BCUT2D eigenvalue weighted by atomic mass is 10.2. The lowest BCUT2D eigenvalue weighted by Gasteiger charge is -2.29. The van der Waals surface area contributed by atoms with E-state index in [0.29, 0.717) is 0 Å². The summed E-state index contributed by atoms with van der Waals surface area (Å²) >= 11 is 11.3. The Hall–Kier alpha value is -0.750. The monoisotopic (exact) mass is 287 g/mol. The van der Waals surface area contributed by atoms with Gasteiger partial charge < -0.3 is 4.90 Å². The summed E-state index contributed by atoms with van der Waals surface area (Å²) in [5, 5.41) is 6.83. The standard InChI is InChI=1S/C9H10Cl2F3N3/c1-5(2)17(4-9(12,13)14)6-3-7(10)15-16-8(6)11/h3,5H,4H2,1-2H3. The van der Waals surface area contributed by atoms with E-state index < -0.39 is 18.8 Å². The fourth-order valence-electron chi connectivity index (χ4n) is 1.28. The van der Waals surface area contributed by atoms with Gasteiger partial charge in [-0.05, 0) is 13.8 Å². The molecule has 1 heterocycles. The van der Waals surface area contributed by atoms with E-state index in [-0.39, 0.29) is 16.0 Å². The van der Waals surface area contributed by atoms with Crippen LogP contribution >= 0.6 is 23.2 Å². The molecule has 1 aromatic heterocycles. The molecule has 0 saturated carbocycles. The molecule has 0 aliphatic carbocycles. The lowest BCUT2D eigenvalue weighted by Crippen LogP contribution is -2.39. The summed E-state index contributed by atoms with van der Waals surface area (Å²) in [5.41, 5.74) is 0.124. The van der Waals surface area contributed by atoms with Crippen LogP contribution in [0.4, 0.5) is 18.9 Å². The minimum absolute atomic E-state index is 0.00257. The second-order valence-electron chi connectivity index (χ2n) is 3.68. The SMILES string of the molecule is CC(C)N(CC(F)(F)F)c1cc(Cl)nnc1Cl. The highest BCUT2D eigenvalue weighted by atomic mass is 35.5. The number of hydrogen-bond donors (Lipinski definition) is 0. The first kappa shape index (κ1) is 14.3. The lowest BCUT2D eigenvalue weighted by molar-refractivity contribution is -0.120. The second-order valence-corrected chi connectivity index (χ2v) is 4.43. The zero-order valence-corrected chi connectivity index (χ0v) is 10.6. The van der Waals surface area contributed by atoms with Gasteiger partial charge in [-0.25, -0.2) is 0 Å². The highest BCUT2D eigenvalue weighted by molar-refractivity contribution is 6.33. The van der Waals surface area contributed by atoms with Crippen molar-refractivity contribution in [3.8, 4) is 0 Å². The normalized spacial score (nSPS) is 12.0. The molecule has 3 nitrogen and oxygen atoms in total. The Kier molecular flexibility index (Phi) is 4.43. The first-order chi connectivity index (χ1) is 7.70. The fraction of sp³-hybridized carbons (Fsp3) is 0.556. The van der Waals surface area contributed by atoms with Gasteiger partial charge in [0.1, 0.15) is 6.54 Å². The van der Waals surface area contributed by atoms with Gasteiger partial charge in [-0.3, -0.25) is 0 Å². The molecule has 0 N–H and O–H groups in total. The van der Waals surface area contributed by atoms with E-state index in [9.17, 15) is 13.2 Å². The second kappa shape index (κ2) is 5.27. The number of nitrogens with zero attached hydrogens (tertiary/aromatic N) is 3. The van der Waals surface area contributed by atoms with E-state index in [2.05, 4.69) is 10.2 Å². The first-order valence-electron chi connectivity index (χ1n) is 4.73. The molecule has 8 heteroatoms. The molecule has 0 aromatic carbocycles. The van der Waals surface area contributed by atoms with E-state index >= 15 is 0 Å². The van der Waals surface area contributed by atoms with Gasteiger partial charge in [0.15, 0.2) is 10.3 Å². The largest absolute Gasteiger partial charge is 0.405 e. The van der Waals surface area contributed by atoms with Crippen LogP contribution < -0.4 is 4.90 Å². The van der Waals surface area contributed by atoms with Crippen LogP contribution in [0.15, 0.2) is 6.07 Å². The molecule has 0 atom stereocenters. The number of aromatic nitrogens is 2. The summed E-state index contributed by atoms with van der Waals surface area (Å²) in [5.74, 6) is 0. The summed E-state index contributed by atoms with van der Waals surface area (Å²) in [6.45, 7) is 2.12. The van der Waals surface area contributed by atoms with Crippen LogP contribution in [-0.2, 0) is 0 Å². The molecule has 0 aliphatic heterocycles. The first-order valence-corrected chi connectivity index (χ1v) is 5.48. The van der Waals surface area contributed by atoms with Crippen molar-refractivity contribution >= 4 is 28.9 Å². The smallest absolute Gasteiger partial charge is 0.357 e. The van der Waals surface area contributed by atoms with Crippen molar-refractivity contribution in [1.82, 2.24) is 10.2 Å². The molecule has 0 fully saturated rings. The number of rotatable bonds is 3. The summed E-state index contributed by atoms with van der Waals surface area (Å²) in [6, 6.07) is 0.872. The Balaban J connectivity index is 3.10. The molecule has 0 bridgehead atoms. The highest BCUT2D eigenvalue weighted by Gasteiger charge is 2.33. The molecule has 0 spiro atoms. The molecule has 1 aromatic rings. The van der Waals surface area contributed by atoms with Crippen LogP contribution in [0.5, 0.6) is 0 Å². The Morgan fingerprint density at radius 3 is 2.35 bits per heavy atom. The van der Waals surface area contributed by atoms with Crippen molar-refractivity contribution in [2.75, 3.05) is 11.4 Å². The molecule has 17 heavy (non-hydrogen) atoms. The maximum Gasteiger partial charge on any atom is 0.405 e. The number of alkyl halides is 3. The predicted octanol–water partition coefficient (Wildman–Crippen LogP) is 3.56. The number of halogens is 5. The van der Waals surface area contributed by atoms with Crippen molar-refractivity contribution in [3.63, 3.8) is 0 Å². The maximum atomic E-state index is 12.4. The zero-order chi connectivity index (χ0) is 13.2. The van der Waals surface area contributed by atoms with Gasteiger partial charge in [0, 0.05) is 12.1 Å².